The highest BCUT2D eigenvalue weighted by Gasteiger charge is 2.29. The number of aliphatic hydroxyl groups excluding tert-OH is 2. The fourth-order valence-corrected chi connectivity index (χ4v) is 2.33. The van der Waals surface area contributed by atoms with Crippen molar-refractivity contribution in [2.45, 2.75) is 64.6 Å². The highest BCUT2D eigenvalue weighted by molar-refractivity contribution is 4.81. The fraction of sp³-hybridized carbons (Fsp3) is 1.00. The van der Waals surface area contributed by atoms with Gasteiger partial charge in [0.15, 0.2) is 0 Å². The van der Waals surface area contributed by atoms with E-state index in [9.17, 15) is 10.2 Å². The molecule has 1 saturated carbocycles. The highest BCUT2D eigenvalue weighted by atomic mass is 16.3. The molecule has 0 aromatic heterocycles. The Morgan fingerprint density at radius 3 is 2.21 bits per heavy atom. The van der Waals surface area contributed by atoms with Crippen molar-refractivity contribution in [3.63, 3.8) is 0 Å². The van der Waals surface area contributed by atoms with Crippen LogP contribution in [-0.4, -0.2) is 22.4 Å². The number of hydrogen-bond donors (Lipinski definition) is 2. The van der Waals surface area contributed by atoms with Crippen molar-refractivity contribution in [2.24, 2.45) is 11.8 Å². The molecule has 2 N–H and O–H groups in total. The van der Waals surface area contributed by atoms with Gasteiger partial charge < -0.3 is 10.2 Å². The molecule has 1 rings (SSSR count). The molecule has 0 aliphatic heterocycles. The smallest absolute Gasteiger partial charge is 0.0829 e. The Kier molecular flexibility index (Phi) is 4.90. The van der Waals surface area contributed by atoms with Crippen LogP contribution in [0.5, 0.6) is 0 Å². The molecule has 0 spiro atoms. The Balaban J connectivity index is 2.41. The van der Waals surface area contributed by atoms with Gasteiger partial charge in [-0.25, -0.2) is 0 Å². The van der Waals surface area contributed by atoms with Crippen LogP contribution in [0.25, 0.3) is 0 Å². The van der Waals surface area contributed by atoms with E-state index in [-0.39, 0.29) is 5.92 Å². The Morgan fingerprint density at radius 1 is 1.14 bits per heavy atom. The summed E-state index contributed by atoms with van der Waals surface area (Å²) in [7, 11) is 0. The predicted octanol–water partition coefficient (Wildman–Crippen LogP) is 2.33. The second kappa shape index (κ2) is 5.72. The molecule has 0 radical (unpaired) electrons. The monoisotopic (exact) mass is 200 g/mol. The van der Waals surface area contributed by atoms with Gasteiger partial charge in [-0.1, -0.05) is 39.5 Å². The number of aliphatic hydroxyl groups is 2. The Hall–Kier alpha value is -0.0800. The van der Waals surface area contributed by atoms with Gasteiger partial charge in [0.2, 0.25) is 0 Å². The van der Waals surface area contributed by atoms with Gasteiger partial charge in [0.05, 0.1) is 12.2 Å². The average Bonchev–Trinajstić information content (AvgIpc) is 2.27. The minimum Gasteiger partial charge on any atom is -0.390 e. The summed E-state index contributed by atoms with van der Waals surface area (Å²) in [5, 5.41) is 19.9. The summed E-state index contributed by atoms with van der Waals surface area (Å²) in [6, 6.07) is 0. The first kappa shape index (κ1) is 12.0. The summed E-state index contributed by atoms with van der Waals surface area (Å²) in [6.45, 7) is 4.07. The van der Waals surface area contributed by atoms with Crippen molar-refractivity contribution in [2.75, 3.05) is 0 Å². The molecule has 1 aliphatic carbocycles. The van der Waals surface area contributed by atoms with Crippen LogP contribution in [0, 0.1) is 11.8 Å². The summed E-state index contributed by atoms with van der Waals surface area (Å²) >= 11 is 0. The van der Waals surface area contributed by atoms with Gasteiger partial charge in [-0.2, -0.15) is 0 Å². The lowest BCUT2D eigenvalue weighted by Crippen LogP contribution is -2.38. The first-order valence-electron chi connectivity index (χ1n) is 6.03. The molecule has 2 heteroatoms. The zero-order chi connectivity index (χ0) is 10.6. The van der Waals surface area contributed by atoms with Gasteiger partial charge in [0, 0.05) is 0 Å². The maximum Gasteiger partial charge on any atom is 0.0829 e. The minimum absolute atomic E-state index is 0.215. The fourth-order valence-electron chi connectivity index (χ4n) is 2.33. The first-order valence-corrected chi connectivity index (χ1v) is 6.03. The maximum absolute atomic E-state index is 9.99. The van der Waals surface area contributed by atoms with E-state index in [2.05, 4.69) is 6.92 Å². The van der Waals surface area contributed by atoms with Crippen LogP contribution in [0.15, 0.2) is 0 Å². The molecule has 0 saturated heterocycles. The molecule has 0 amide bonds. The lowest BCUT2D eigenvalue weighted by molar-refractivity contribution is -0.0523. The number of hydrogen-bond acceptors (Lipinski definition) is 2. The molecule has 0 bridgehead atoms. The van der Waals surface area contributed by atoms with Crippen molar-refractivity contribution in [1.82, 2.24) is 0 Å². The van der Waals surface area contributed by atoms with Gasteiger partial charge in [-0.05, 0) is 24.7 Å². The molecule has 3 unspecified atom stereocenters. The van der Waals surface area contributed by atoms with E-state index in [0.717, 1.165) is 19.3 Å². The maximum atomic E-state index is 9.99. The van der Waals surface area contributed by atoms with E-state index in [4.69, 9.17) is 0 Å². The van der Waals surface area contributed by atoms with Crippen LogP contribution in [0.3, 0.4) is 0 Å². The zero-order valence-corrected chi connectivity index (χ0v) is 9.45. The summed E-state index contributed by atoms with van der Waals surface area (Å²) in [6.07, 6.45) is 5.83. The Morgan fingerprint density at radius 2 is 1.71 bits per heavy atom. The van der Waals surface area contributed by atoms with E-state index in [1.54, 1.807) is 0 Å². The van der Waals surface area contributed by atoms with Gasteiger partial charge >= 0.3 is 0 Å². The first-order chi connectivity index (χ1) is 6.66. The topological polar surface area (TPSA) is 40.5 Å². The van der Waals surface area contributed by atoms with Gasteiger partial charge in [-0.15, -0.1) is 0 Å². The molecule has 84 valence electrons. The van der Waals surface area contributed by atoms with Gasteiger partial charge in [-0.3, -0.25) is 0 Å². The van der Waals surface area contributed by atoms with Crippen LogP contribution < -0.4 is 0 Å². The lowest BCUT2D eigenvalue weighted by atomic mass is 9.80. The molecule has 0 heterocycles. The third kappa shape index (κ3) is 2.96. The van der Waals surface area contributed by atoms with Crippen LogP contribution in [-0.2, 0) is 0 Å². The summed E-state index contributed by atoms with van der Waals surface area (Å²) in [5.41, 5.74) is 0. The average molecular weight is 200 g/mol. The van der Waals surface area contributed by atoms with E-state index in [1.807, 2.05) is 6.92 Å². The molecule has 3 atom stereocenters. The van der Waals surface area contributed by atoms with Gasteiger partial charge in [0.25, 0.3) is 0 Å². The van der Waals surface area contributed by atoms with E-state index < -0.39 is 12.2 Å². The molecule has 2 nitrogen and oxygen atoms in total. The van der Waals surface area contributed by atoms with Crippen molar-refractivity contribution in [3.8, 4) is 0 Å². The van der Waals surface area contributed by atoms with E-state index in [1.165, 1.54) is 19.3 Å². The van der Waals surface area contributed by atoms with Crippen LogP contribution in [0.4, 0.5) is 0 Å². The number of rotatable bonds is 4. The van der Waals surface area contributed by atoms with Gasteiger partial charge in [0.1, 0.15) is 0 Å². The normalized spacial score (nSPS) is 25.7. The summed E-state index contributed by atoms with van der Waals surface area (Å²) in [5.74, 6) is 0.555. The van der Waals surface area contributed by atoms with E-state index >= 15 is 0 Å². The predicted molar refractivity (Wildman–Crippen MR) is 58.0 cm³/mol. The van der Waals surface area contributed by atoms with Crippen LogP contribution in [0.2, 0.25) is 0 Å². The molecule has 14 heavy (non-hydrogen) atoms. The van der Waals surface area contributed by atoms with Crippen LogP contribution >= 0.6 is 0 Å². The zero-order valence-electron chi connectivity index (χ0n) is 9.45. The van der Waals surface area contributed by atoms with Crippen LogP contribution in [0.1, 0.15) is 52.4 Å². The Bertz CT molecular complexity index is 150. The third-order valence-electron chi connectivity index (χ3n) is 3.71. The third-order valence-corrected chi connectivity index (χ3v) is 3.71. The summed E-state index contributed by atoms with van der Waals surface area (Å²) < 4.78 is 0. The molecular weight excluding hydrogens is 176 g/mol. The Labute approximate surface area is 87.3 Å². The van der Waals surface area contributed by atoms with Crippen molar-refractivity contribution < 1.29 is 10.2 Å². The molecular formula is C12H24O2. The highest BCUT2D eigenvalue weighted by Crippen LogP contribution is 2.29. The molecule has 1 aliphatic rings. The molecule has 0 aromatic carbocycles. The second-order valence-corrected chi connectivity index (χ2v) is 4.76. The summed E-state index contributed by atoms with van der Waals surface area (Å²) in [4.78, 5) is 0. The quantitative estimate of drug-likeness (QED) is 0.731. The van der Waals surface area contributed by atoms with Crippen molar-refractivity contribution in [1.29, 1.82) is 0 Å². The SMILES string of the molecule is CCC(C)C(O)C(O)C1CCCCC1. The second-order valence-electron chi connectivity index (χ2n) is 4.76. The minimum atomic E-state index is -0.525. The standard InChI is InChI=1S/C12H24O2/c1-3-9(2)11(13)12(14)10-7-5-4-6-8-10/h9-14H,3-8H2,1-2H3. The lowest BCUT2D eigenvalue weighted by Gasteiger charge is -2.32. The largest absolute Gasteiger partial charge is 0.390 e. The van der Waals surface area contributed by atoms with Crippen molar-refractivity contribution in [3.05, 3.63) is 0 Å². The van der Waals surface area contributed by atoms with Crippen molar-refractivity contribution >= 4 is 0 Å². The molecule has 1 fully saturated rings. The van der Waals surface area contributed by atoms with E-state index in [0.29, 0.717) is 5.92 Å². The molecule has 0 aromatic rings.